The Balaban J connectivity index is 2.63. The highest BCUT2D eigenvalue weighted by Crippen LogP contribution is 2.06. The van der Waals surface area contributed by atoms with Gasteiger partial charge in [0.1, 0.15) is 11.2 Å². The second kappa shape index (κ2) is 6.20. The normalized spacial score (nSPS) is 11.7. The smallest absolute Gasteiger partial charge is 0.252 e. The van der Waals surface area contributed by atoms with Crippen molar-refractivity contribution in [2.24, 2.45) is 0 Å². The Morgan fingerprint density at radius 1 is 1.53 bits per heavy atom. The summed E-state index contributed by atoms with van der Waals surface area (Å²) in [4.78, 5) is 26.9. The molecule has 0 aliphatic heterocycles. The fourth-order valence-corrected chi connectivity index (χ4v) is 1.39. The zero-order chi connectivity index (χ0) is 12.8. The Labute approximate surface area is 105 Å². The number of nitrogens with one attached hydrogen (secondary N) is 2. The molecule has 1 atom stereocenters. The zero-order valence-electron chi connectivity index (χ0n) is 9.66. The molecule has 0 aromatic carbocycles. The van der Waals surface area contributed by atoms with Gasteiger partial charge in [0.2, 0.25) is 5.91 Å². The van der Waals surface area contributed by atoms with E-state index in [1.54, 1.807) is 6.92 Å². The number of nitrogens with zero attached hydrogens (tertiary/aromatic N) is 1. The van der Waals surface area contributed by atoms with Gasteiger partial charge in [0, 0.05) is 18.3 Å². The van der Waals surface area contributed by atoms with E-state index >= 15 is 0 Å². The van der Waals surface area contributed by atoms with Gasteiger partial charge in [0.25, 0.3) is 5.91 Å². The van der Waals surface area contributed by atoms with Crippen LogP contribution in [0, 0.1) is 0 Å². The molecule has 1 rings (SSSR count). The van der Waals surface area contributed by atoms with Crippen LogP contribution in [0.15, 0.2) is 18.3 Å². The standard InChI is InChI=1S/C11H14ClN3O2/c1-3-13-10(16)7(2)15-11(17)8-4-5-14-9(12)6-8/h4-7H,3H2,1-2H3,(H,13,16)(H,15,17)/t7-/m1/s1. The molecular weight excluding hydrogens is 242 g/mol. The Morgan fingerprint density at radius 3 is 2.82 bits per heavy atom. The number of hydrogen-bond acceptors (Lipinski definition) is 3. The third kappa shape index (κ3) is 4.03. The zero-order valence-corrected chi connectivity index (χ0v) is 10.4. The van der Waals surface area contributed by atoms with Crippen molar-refractivity contribution >= 4 is 23.4 Å². The number of pyridine rings is 1. The molecule has 0 saturated heterocycles. The fourth-order valence-electron chi connectivity index (χ4n) is 1.22. The van der Waals surface area contributed by atoms with Gasteiger partial charge in [-0.25, -0.2) is 4.98 Å². The van der Waals surface area contributed by atoms with Gasteiger partial charge in [-0.05, 0) is 26.0 Å². The predicted octanol–water partition coefficient (Wildman–Crippen LogP) is 0.989. The molecule has 0 bridgehead atoms. The topological polar surface area (TPSA) is 71.1 Å². The highest BCUT2D eigenvalue weighted by Gasteiger charge is 2.15. The number of aromatic nitrogens is 1. The molecule has 0 radical (unpaired) electrons. The summed E-state index contributed by atoms with van der Waals surface area (Å²) in [6.07, 6.45) is 1.44. The van der Waals surface area contributed by atoms with Crippen molar-refractivity contribution < 1.29 is 9.59 Å². The van der Waals surface area contributed by atoms with Gasteiger partial charge in [-0.3, -0.25) is 9.59 Å². The molecule has 1 aromatic rings. The molecule has 0 unspecified atom stereocenters. The summed E-state index contributed by atoms with van der Waals surface area (Å²) in [5, 5.41) is 5.43. The lowest BCUT2D eigenvalue weighted by molar-refractivity contribution is -0.122. The highest BCUT2D eigenvalue weighted by atomic mass is 35.5. The molecule has 92 valence electrons. The maximum absolute atomic E-state index is 11.7. The van der Waals surface area contributed by atoms with Gasteiger partial charge in [-0.15, -0.1) is 0 Å². The summed E-state index contributed by atoms with van der Waals surface area (Å²) in [5.41, 5.74) is 0.376. The van der Waals surface area contributed by atoms with E-state index in [-0.39, 0.29) is 17.0 Å². The van der Waals surface area contributed by atoms with E-state index in [0.717, 1.165) is 0 Å². The van der Waals surface area contributed by atoms with E-state index in [1.165, 1.54) is 18.3 Å². The van der Waals surface area contributed by atoms with Crippen molar-refractivity contribution in [1.82, 2.24) is 15.6 Å². The largest absolute Gasteiger partial charge is 0.355 e. The maximum atomic E-state index is 11.7. The number of likely N-dealkylation sites (N-methyl/N-ethyl adjacent to an activating group) is 1. The third-order valence-corrected chi connectivity index (χ3v) is 2.29. The van der Waals surface area contributed by atoms with Crippen molar-refractivity contribution in [3.8, 4) is 0 Å². The molecule has 1 aromatic heterocycles. The van der Waals surface area contributed by atoms with Crippen molar-refractivity contribution in [3.05, 3.63) is 29.0 Å². The minimum atomic E-state index is -0.589. The van der Waals surface area contributed by atoms with Crippen LogP contribution in [0.1, 0.15) is 24.2 Å². The van der Waals surface area contributed by atoms with Crippen LogP contribution in [0.2, 0.25) is 5.15 Å². The monoisotopic (exact) mass is 255 g/mol. The molecule has 2 amide bonds. The molecular formula is C11H14ClN3O2. The van der Waals surface area contributed by atoms with Gasteiger partial charge in [-0.1, -0.05) is 11.6 Å². The lowest BCUT2D eigenvalue weighted by Crippen LogP contribution is -2.44. The summed E-state index contributed by atoms with van der Waals surface area (Å²) < 4.78 is 0. The minimum Gasteiger partial charge on any atom is -0.355 e. The second-order valence-corrected chi connectivity index (χ2v) is 3.84. The van der Waals surface area contributed by atoms with Crippen LogP contribution in [0.5, 0.6) is 0 Å². The third-order valence-electron chi connectivity index (χ3n) is 2.08. The average Bonchev–Trinajstić information content (AvgIpc) is 2.29. The SMILES string of the molecule is CCNC(=O)[C@@H](C)NC(=O)c1ccnc(Cl)c1. The first-order chi connectivity index (χ1) is 8.04. The van der Waals surface area contributed by atoms with Crippen LogP contribution < -0.4 is 10.6 Å². The van der Waals surface area contributed by atoms with E-state index in [4.69, 9.17) is 11.6 Å². The average molecular weight is 256 g/mol. The maximum Gasteiger partial charge on any atom is 0.252 e. The number of rotatable bonds is 4. The van der Waals surface area contributed by atoms with E-state index < -0.39 is 6.04 Å². The summed E-state index contributed by atoms with van der Waals surface area (Å²) in [7, 11) is 0. The van der Waals surface area contributed by atoms with Crippen LogP contribution >= 0.6 is 11.6 Å². The van der Waals surface area contributed by atoms with Crippen LogP contribution in [0.4, 0.5) is 0 Å². The van der Waals surface area contributed by atoms with E-state index in [0.29, 0.717) is 12.1 Å². The molecule has 0 saturated carbocycles. The molecule has 5 nitrogen and oxygen atoms in total. The second-order valence-electron chi connectivity index (χ2n) is 3.46. The Bertz CT molecular complexity index is 423. The minimum absolute atomic E-state index is 0.221. The van der Waals surface area contributed by atoms with Gasteiger partial charge in [0.15, 0.2) is 0 Å². The van der Waals surface area contributed by atoms with E-state index in [9.17, 15) is 9.59 Å². The first kappa shape index (κ1) is 13.4. The Morgan fingerprint density at radius 2 is 2.24 bits per heavy atom. The van der Waals surface area contributed by atoms with Crippen LogP contribution in [-0.2, 0) is 4.79 Å². The number of carbonyl (C=O) groups is 2. The summed E-state index contributed by atoms with van der Waals surface area (Å²) >= 11 is 5.67. The predicted molar refractivity (Wildman–Crippen MR) is 64.9 cm³/mol. The fraction of sp³-hybridized carbons (Fsp3) is 0.364. The summed E-state index contributed by atoms with van der Waals surface area (Å²) in [5.74, 6) is -0.575. The molecule has 2 N–H and O–H groups in total. The quantitative estimate of drug-likeness (QED) is 0.789. The Kier molecular flexibility index (Phi) is 4.90. The lowest BCUT2D eigenvalue weighted by Gasteiger charge is -2.13. The van der Waals surface area contributed by atoms with Crippen LogP contribution in [-0.4, -0.2) is 29.4 Å². The number of halogens is 1. The Hall–Kier alpha value is -1.62. The first-order valence-electron chi connectivity index (χ1n) is 5.24. The van der Waals surface area contributed by atoms with Crippen molar-refractivity contribution in [2.75, 3.05) is 6.54 Å². The van der Waals surface area contributed by atoms with Crippen LogP contribution in [0.3, 0.4) is 0 Å². The van der Waals surface area contributed by atoms with Gasteiger partial charge in [-0.2, -0.15) is 0 Å². The van der Waals surface area contributed by atoms with Crippen LogP contribution in [0.25, 0.3) is 0 Å². The molecule has 0 aliphatic rings. The molecule has 6 heteroatoms. The number of amides is 2. The number of hydrogen-bond donors (Lipinski definition) is 2. The molecule has 0 aliphatic carbocycles. The molecule has 17 heavy (non-hydrogen) atoms. The molecule has 0 fully saturated rings. The molecule has 1 heterocycles. The van der Waals surface area contributed by atoms with Crippen molar-refractivity contribution in [2.45, 2.75) is 19.9 Å². The van der Waals surface area contributed by atoms with Gasteiger partial charge < -0.3 is 10.6 Å². The van der Waals surface area contributed by atoms with Gasteiger partial charge in [0.05, 0.1) is 0 Å². The first-order valence-corrected chi connectivity index (χ1v) is 5.62. The van der Waals surface area contributed by atoms with Crippen molar-refractivity contribution in [1.29, 1.82) is 0 Å². The highest BCUT2D eigenvalue weighted by molar-refractivity contribution is 6.29. The van der Waals surface area contributed by atoms with E-state index in [2.05, 4.69) is 15.6 Å². The lowest BCUT2D eigenvalue weighted by atomic mass is 10.2. The number of carbonyl (C=O) groups excluding carboxylic acids is 2. The van der Waals surface area contributed by atoms with Crippen molar-refractivity contribution in [3.63, 3.8) is 0 Å². The van der Waals surface area contributed by atoms with E-state index in [1.807, 2.05) is 6.92 Å². The summed E-state index contributed by atoms with van der Waals surface area (Å²) in [6.45, 7) is 3.96. The molecule has 0 spiro atoms. The summed E-state index contributed by atoms with van der Waals surface area (Å²) in [6, 6.07) is 2.39. The van der Waals surface area contributed by atoms with Gasteiger partial charge >= 0.3 is 0 Å².